The summed E-state index contributed by atoms with van der Waals surface area (Å²) in [4.78, 5) is -3.57. The van der Waals surface area contributed by atoms with Gasteiger partial charge in [0.15, 0.2) is 0 Å². The lowest BCUT2D eigenvalue weighted by Crippen LogP contribution is -2.31. The van der Waals surface area contributed by atoms with Crippen LogP contribution in [0.25, 0.3) is 11.1 Å². The van der Waals surface area contributed by atoms with Gasteiger partial charge in [0.1, 0.15) is 46.6 Å². The Morgan fingerprint density at radius 2 is 1.10 bits per heavy atom. The Hall–Kier alpha value is -4.86. The minimum atomic E-state index is -11.4. The topological polar surface area (TPSA) is 119 Å². The SMILES string of the molecule is N#CC(C#N)=c1cc(F)/c(=C(/C#N)c2cc(C(F)(F)F)c(C#N)c(C(F)(F)F)c2)c(S(F)(F)(F)(F)F)c1C#N. The summed E-state index contributed by atoms with van der Waals surface area (Å²) >= 11 is 0. The fourth-order valence-corrected chi connectivity index (χ4v) is 4.44. The number of nitrogens with zero attached hydrogens (tertiary/aromatic N) is 5. The molecule has 0 N–H and O–H groups in total. The first kappa shape index (κ1) is 30.4. The molecule has 0 saturated carbocycles. The van der Waals surface area contributed by atoms with Crippen molar-refractivity contribution in [3.8, 4) is 30.3 Å². The van der Waals surface area contributed by atoms with Gasteiger partial charge in [-0.3, -0.25) is 0 Å². The van der Waals surface area contributed by atoms with Gasteiger partial charge in [-0.1, -0.05) is 19.4 Å². The van der Waals surface area contributed by atoms with Crippen LogP contribution in [0.4, 0.5) is 50.2 Å². The molecule has 0 amide bonds. The molecule has 18 heteroatoms. The molecule has 5 nitrogen and oxygen atoms in total. The average Bonchev–Trinajstić information content (AvgIpc) is 2.77. The first-order valence-corrected chi connectivity index (χ1v) is 11.1. The van der Waals surface area contributed by atoms with Crippen molar-refractivity contribution in [1.29, 1.82) is 26.3 Å². The van der Waals surface area contributed by atoms with Crippen molar-refractivity contribution in [2.45, 2.75) is 17.2 Å². The van der Waals surface area contributed by atoms with E-state index in [4.69, 9.17) is 15.8 Å². The van der Waals surface area contributed by atoms with Crippen molar-refractivity contribution in [1.82, 2.24) is 0 Å². The van der Waals surface area contributed by atoms with Crippen LogP contribution in [0.1, 0.15) is 27.8 Å². The maximum absolute atomic E-state index is 15.0. The minimum absolute atomic E-state index is 0.265. The molecular weight excluding hydrogens is 582 g/mol. The Bertz CT molecular complexity index is 1720. The smallest absolute Gasteiger partial charge is 0.206 e. The third-order valence-corrected chi connectivity index (χ3v) is 5.92. The third-order valence-electron chi connectivity index (χ3n) is 4.74. The van der Waals surface area contributed by atoms with Gasteiger partial charge in [-0.15, -0.1) is 0 Å². The van der Waals surface area contributed by atoms with Crippen LogP contribution in [-0.2, 0) is 12.4 Å². The van der Waals surface area contributed by atoms with Crippen molar-refractivity contribution in [2.75, 3.05) is 0 Å². The highest BCUT2D eigenvalue weighted by Crippen LogP contribution is 3.01. The van der Waals surface area contributed by atoms with Crippen LogP contribution < -0.4 is 10.4 Å². The van der Waals surface area contributed by atoms with Crippen LogP contribution in [0, 0.1) is 62.5 Å². The lowest BCUT2D eigenvalue weighted by molar-refractivity contribution is -0.143. The quantitative estimate of drug-likeness (QED) is 0.390. The molecule has 0 fully saturated rings. The van der Waals surface area contributed by atoms with Gasteiger partial charge in [0.05, 0.1) is 33.0 Å². The molecule has 202 valence electrons. The van der Waals surface area contributed by atoms with Gasteiger partial charge in [-0.2, -0.15) is 52.7 Å². The maximum atomic E-state index is 15.0. The Kier molecular flexibility index (Phi) is 6.69. The predicted octanol–water partition coefficient (Wildman–Crippen LogP) is 6.18. The fraction of sp³-hybridized carbons (Fsp3) is 0.0952. The standard InChI is InChI=1S/C21H3F12N5S/c22-17-3-11(10(4-34)5-35)13(7-37)19(39(29,30,31,32)33)18(17)12(6-36)9-1-15(20(23,24)25)14(8-38)16(2-9)21(26,27)28/h1-3H/b18-12+. The average molecular weight is 585 g/mol. The van der Waals surface area contributed by atoms with Crippen LogP contribution in [0.3, 0.4) is 0 Å². The van der Waals surface area contributed by atoms with Crippen LogP contribution in [0.5, 0.6) is 0 Å². The van der Waals surface area contributed by atoms with E-state index in [0.29, 0.717) is 18.2 Å². The largest absolute Gasteiger partial charge is 0.417 e. The molecule has 0 aromatic heterocycles. The van der Waals surface area contributed by atoms with E-state index in [-0.39, 0.29) is 6.07 Å². The molecule has 0 spiro atoms. The summed E-state index contributed by atoms with van der Waals surface area (Å²) in [6.45, 7) is 0. The highest BCUT2D eigenvalue weighted by Gasteiger charge is 2.68. The van der Waals surface area contributed by atoms with Gasteiger partial charge < -0.3 is 0 Å². The molecule has 0 heterocycles. The first-order chi connectivity index (χ1) is 17.5. The Morgan fingerprint density at radius 1 is 0.667 bits per heavy atom. The first-order valence-electron chi connectivity index (χ1n) is 9.15. The second kappa shape index (κ2) is 8.59. The number of alkyl halides is 6. The number of halogens is 12. The summed E-state index contributed by atoms with van der Waals surface area (Å²) in [6.07, 6.45) is -11.7. The molecular formula is C21H3F12N5S. The molecule has 39 heavy (non-hydrogen) atoms. The van der Waals surface area contributed by atoms with E-state index in [1.165, 1.54) is 0 Å². The molecule has 0 unspecified atom stereocenters. The van der Waals surface area contributed by atoms with Crippen molar-refractivity contribution >= 4 is 21.4 Å². The molecule has 0 aliphatic heterocycles. The lowest BCUT2D eigenvalue weighted by atomic mass is 9.92. The molecule has 0 radical (unpaired) electrons. The summed E-state index contributed by atoms with van der Waals surface area (Å²) in [5, 5.41) is 41.0. The van der Waals surface area contributed by atoms with Crippen LogP contribution in [0.15, 0.2) is 23.1 Å². The van der Waals surface area contributed by atoms with E-state index in [2.05, 4.69) is 0 Å². The van der Waals surface area contributed by atoms with Gasteiger partial charge in [0, 0.05) is 5.22 Å². The zero-order valence-electron chi connectivity index (χ0n) is 17.9. The highest BCUT2D eigenvalue weighted by molar-refractivity contribution is 8.45. The number of nitriles is 5. The van der Waals surface area contributed by atoms with Crippen LogP contribution in [-0.4, -0.2) is 0 Å². The van der Waals surface area contributed by atoms with E-state index >= 15 is 4.39 Å². The lowest BCUT2D eigenvalue weighted by Gasteiger charge is -2.41. The van der Waals surface area contributed by atoms with Gasteiger partial charge >= 0.3 is 22.6 Å². The molecule has 0 atom stereocenters. The number of hydrogen-bond acceptors (Lipinski definition) is 5. The van der Waals surface area contributed by atoms with Gasteiger partial charge in [0.25, 0.3) is 0 Å². The van der Waals surface area contributed by atoms with Crippen molar-refractivity contribution < 1.29 is 50.2 Å². The molecule has 0 aliphatic carbocycles. The zero-order valence-corrected chi connectivity index (χ0v) is 18.7. The Balaban J connectivity index is 3.58. The van der Waals surface area contributed by atoms with E-state index < -0.39 is 94.8 Å². The summed E-state index contributed by atoms with van der Waals surface area (Å²) in [5.74, 6) is -2.56. The Labute approximate surface area is 208 Å². The molecule has 2 aromatic carbocycles. The fourth-order valence-electron chi connectivity index (χ4n) is 3.32. The van der Waals surface area contributed by atoms with E-state index in [1.54, 1.807) is 0 Å². The second-order valence-corrected chi connectivity index (χ2v) is 9.55. The maximum Gasteiger partial charge on any atom is 0.417 e. The van der Waals surface area contributed by atoms with E-state index in [9.17, 15) is 56.3 Å². The summed E-state index contributed by atoms with van der Waals surface area (Å²) in [7, 11) is -11.4. The molecule has 2 rings (SSSR count). The van der Waals surface area contributed by atoms with E-state index in [0.717, 1.165) is 12.1 Å². The number of rotatable bonds is 2. The van der Waals surface area contributed by atoms with Gasteiger partial charge in [0.2, 0.25) is 0 Å². The Morgan fingerprint density at radius 3 is 1.41 bits per heavy atom. The van der Waals surface area contributed by atoms with Crippen LogP contribution in [0.2, 0.25) is 0 Å². The molecule has 2 aromatic rings. The third kappa shape index (κ3) is 5.69. The normalized spacial score (nSPS) is 14.3. The number of hydrogen-bond donors (Lipinski definition) is 0. The second-order valence-electron chi connectivity index (χ2n) is 7.20. The monoisotopic (exact) mass is 585 g/mol. The molecule has 0 saturated heterocycles. The molecule has 0 aliphatic rings. The summed E-state index contributed by atoms with van der Waals surface area (Å²) in [6, 6.07) is 2.45. The zero-order chi connectivity index (χ0) is 30.4. The summed E-state index contributed by atoms with van der Waals surface area (Å²) in [5.41, 5.74) is -14.8. The van der Waals surface area contributed by atoms with Crippen molar-refractivity contribution in [2.24, 2.45) is 0 Å². The van der Waals surface area contributed by atoms with Gasteiger partial charge in [-0.05, 0) is 23.8 Å². The summed E-state index contributed by atoms with van der Waals surface area (Å²) < 4.78 is 167. The molecule has 0 bridgehead atoms. The van der Waals surface area contributed by atoms with Crippen molar-refractivity contribution in [3.63, 3.8) is 0 Å². The minimum Gasteiger partial charge on any atom is -0.206 e. The van der Waals surface area contributed by atoms with Crippen LogP contribution >= 0.6 is 10.2 Å². The predicted molar refractivity (Wildman–Crippen MR) is 106 cm³/mol. The highest BCUT2D eigenvalue weighted by atomic mass is 32.5. The van der Waals surface area contributed by atoms with E-state index in [1.807, 2.05) is 0 Å². The van der Waals surface area contributed by atoms with Crippen molar-refractivity contribution in [3.05, 3.63) is 62.3 Å². The number of benzene rings is 2. The van der Waals surface area contributed by atoms with Gasteiger partial charge in [-0.25, -0.2) is 4.39 Å².